The lowest BCUT2D eigenvalue weighted by atomic mass is 10.2. The number of ether oxygens (including phenoxy) is 1. The van der Waals surface area contributed by atoms with Crippen molar-refractivity contribution in [3.8, 4) is 5.75 Å². The first-order valence-corrected chi connectivity index (χ1v) is 8.38. The molecule has 0 aliphatic rings. The fraction of sp³-hybridized carbons (Fsp3) is 0.294. The van der Waals surface area contributed by atoms with Crippen LogP contribution in [-0.4, -0.2) is 36.3 Å². The summed E-state index contributed by atoms with van der Waals surface area (Å²) in [7, 11) is 1.76. The van der Waals surface area contributed by atoms with Crippen LogP contribution >= 0.6 is 34.8 Å². The Morgan fingerprint density at radius 3 is 2.29 bits per heavy atom. The molecule has 0 aliphatic carbocycles. The number of likely N-dealkylation sites (N-methyl/N-ethyl adjacent to an activating group) is 1. The normalized spacial score (nSPS) is 12.5. The van der Waals surface area contributed by atoms with Gasteiger partial charge in [-0.2, -0.15) is 0 Å². The molecule has 2 aromatic rings. The van der Waals surface area contributed by atoms with Gasteiger partial charge in [0.1, 0.15) is 18.5 Å². The summed E-state index contributed by atoms with van der Waals surface area (Å²) in [4.78, 5) is 1.76. The largest absolute Gasteiger partial charge is 0.488 e. The lowest BCUT2D eigenvalue weighted by Gasteiger charge is -2.22. The van der Waals surface area contributed by atoms with Crippen LogP contribution in [0.4, 0.5) is 4.39 Å². The highest BCUT2D eigenvalue weighted by Gasteiger charge is 2.15. The van der Waals surface area contributed by atoms with Gasteiger partial charge < -0.3 is 9.84 Å². The van der Waals surface area contributed by atoms with Gasteiger partial charge in [0.15, 0.2) is 5.75 Å². The smallest absolute Gasteiger partial charge is 0.156 e. The van der Waals surface area contributed by atoms with Crippen LogP contribution in [0.2, 0.25) is 15.1 Å². The van der Waals surface area contributed by atoms with Crippen molar-refractivity contribution in [3.05, 3.63) is 62.8 Å². The predicted octanol–water partition coefficient (Wildman–Crippen LogP) is 4.66. The maximum atomic E-state index is 13.8. The van der Waals surface area contributed by atoms with E-state index in [0.29, 0.717) is 26.4 Å². The van der Waals surface area contributed by atoms with Crippen LogP contribution in [0.5, 0.6) is 5.75 Å². The number of halogens is 4. The number of para-hydroxylation sites is 1. The summed E-state index contributed by atoms with van der Waals surface area (Å²) >= 11 is 18.0. The zero-order valence-electron chi connectivity index (χ0n) is 13.0. The second kappa shape index (κ2) is 8.88. The SMILES string of the molecule is CN(Cc1c(F)cccc1Cl)C[C@@H](O)COc1c(Cl)cccc1Cl. The van der Waals surface area contributed by atoms with E-state index in [-0.39, 0.29) is 25.5 Å². The third-order valence-electron chi connectivity index (χ3n) is 3.35. The molecule has 0 bridgehead atoms. The Labute approximate surface area is 155 Å². The third-order valence-corrected chi connectivity index (χ3v) is 4.30. The number of hydrogen-bond acceptors (Lipinski definition) is 3. The van der Waals surface area contributed by atoms with E-state index in [1.165, 1.54) is 6.07 Å². The minimum atomic E-state index is -0.798. The van der Waals surface area contributed by atoms with Gasteiger partial charge in [-0.05, 0) is 31.3 Å². The van der Waals surface area contributed by atoms with E-state index in [0.717, 1.165) is 0 Å². The first kappa shape index (κ1) is 19.3. The highest BCUT2D eigenvalue weighted by molar-refractivity contribution is 6.37. The average Bonchev–Trinajstić information content (AvgIpc) is 2.50. The van der Waals surface area contributed by atoms with E-state index < -0.39 is 6.10 Å². The van der Waals surface area contributed by atoms with Gasteiger partial charge in [-0.15, -0.1) is 0 Å². The number of hydrogen-bond donors (Lipinski definition) is 1. The summed E-state index contributed by atoms with van der Waals surface area (Å²) in [6, 6.07) is 9.56. The van der Waals surface area contributed by atoms with Crippen molar-refractivity contribution in [1.29, 1.82) is 0 Å². The van der Waals surface area contributed by atoms with E-state index in [2.05, 4.69) is 0 Å². The number of aliphatic hydroxyl groups excluding tert-OH is 1. The Kier molecular flexibility index (Phi) is 7.14. The van der Waals surface area contributed by atoms with E-state index in [1.54, 1.807) is 42.3 Å². The van der Waals surface area contributed by atoms with E-state index in [1.807, 2.05) is 0 Å². The van der Waals surface area contributed by atoms with Crippen LogP contribution in [0, 0.1) is 5.82 Å². The number of aliphatic hydroxyl groups is 1. The molecule has 0 saturated carbocycles. The molecule has 3 nitrogen and oxygen atoms in total. The molecule has 2 aromatic carbocycles. The van der Waals surface area contributed by atoms with Gasteiger partial charge >= 0.3 is 0 Å². The van der Waals surface area contributed by atoms with Crippen LogP contribution < -0.4 is 4.74 Å². The summed E-state index contributed by atoms with van der Waals surface area (Å²) in [6.45, 7) is 0.556. The molecule has 0 unspecified atom stereocenters. The van der Waals surface area contributed by atoms with Crippen molar-refractivity contribution in [1.82, 2.24) is 4.90 Å². The van der Waals surface area contributed by atoms with E-state index >= 15 is 0 Å². The number of nitrogens with zero attached hydrogens (tertiary/aromatic N) is 1. The Bertz CT molecular complexity index is 659. The monoisotopic (exact) mass is 391 g/mol. The highest BCUT2D eigenvalue weighted by Crippen LogP contribution is 2.32. The minimum Gasteiger partial charge on any atom is -0.488 e. The molecule has 0 heterocycles. The lowest BCUT2D eigenvalue weighted by molar-refractivity contribution is 0.0742. The van der Waals surface area contributed by atoms with Crippen molar-refractivity contribution >= 4 is 34.8 Å². The molecule has 7 heteroatoms. The molecule has 24 heavy (non-hydrogen) atoms. The predicted molar refractivity (Wildman–Crippen MR) is 95.7 cm³/mol. The first-order chi connectivity index (χ1) is 11.4. The van der Waals surface area contributed by atoms with Crippen molar-refractivity contribution in [3.63, 3.8) is 0 Å². The maximum Gasteiger partial charge on any atom is 0.156 e. The van der Waals surface area contributed by atoms with Crippen molar-refractivity contribution < 1.29 is 14.2 Å². The second-order valence-electron chi connectivity index (χ2n) is 5.41. The molecule has 1 atom stereocenters. The molecule has 0 saturated heterocycles. The van der Waals surface area contributed by atoms with Crippen molar-refractivity contribution in [2.24, 2.45) is 0 Å². The van der Waals surface area contributed by atoms with Crippen molar-refractivity contribution in [2.45, 2.75) is 12.6 Å². The van der Waals surface area contributed by atoms with Crippen LogP contribution in [0.25, 0.3) is 0 Å². The molecular weight excluding hydrogens is 376 g/mol. The molecule has 0 radical (unpaired) electrons. The van der Waals surface area contributed by atoms with Gasteiger partial charge in [0.2, 0.25) is 0 Å². The third kappa shape index (κ3) is 5.23. The highest BCUT2D eigenvalue weighted by atomic mass is 35.5. The van der Waals surface area contributed by atoms with Crippen LogP contribution in [0.3, 0.4) is 0 Å². The molecule has 0 aliphatic heterocycles. The quantitative estimate of drug-likeness (QED) is 0.744. The Morgan fingerprint density at radius 2 is 1.67 bits per heavy atom. The van der Waals surface area contributed by atoms with Gasteiger partial charge in [0, 0.05) is 23.7 Å². The van der Waals surface area contributed by atoms with Crippen LogP contribution in [0.15, 0.2) is 36.4 Å². The Balaban J connectivity index is 1.89. The maximum absolute atomic E-state index is 13.8. The van der Waals surface area contributed by atoms with Gasteiger partial charge in [-0.3, -0.25) is 4.90 Å². The average molecular weight is 393 g/mol. The molecule has 130 valence electrons. The van der Waals surface area contributed by atoms with E-state index in [9.17, 15) is 9.50 Å². The summed E-state index contributed by atoms with van der Waals surface area (Å²) in [5.41, 5.74) is 0.393. The number of benzene rings is 2. The lowest BCUT2D eigenvalue weighted by Crippen LogP contribution is -2.33. The standard InChI is InChI=1S/C17H17Cl3FNO2/c1-22(9-12-13(18)4-3-7-16(12)21)8-11(23)10-24-17-14(19)5-2-6-15(17)20/h2-7,11,23H,8-10H2,1H3/t11-/m1/s1. The minimum absolute atomic E-state index is 0.0127. The summed E-state index contributed by atoms with van der Waals surface area (Å²) in [5, 5.41) is 11.2. The fourth-order valence-corrected chi connectivity index (χ4v) is 2.96. The number of rotatable bonds is 7. The van der Waals surface area contributed by atoms with Crippen molar-refractivity contribution in [2.75, 3.05) is 20.2 Å². The van der Waals surface area contributed by atoms with Gasteiger partial charge in [-0.1, -0.05) is 46.9 Å². The molecule has 0 aromatic heterocycles. The molecule has 0 amide bonds. The van der Waals surface area contributed by atoms with E-state index in [4.69, 9.17) is 39.5 Å². The molecular formula is C17H17Cl3FNO2. The first-order valence-electron chi connectivity index (χ1n) is 7.24. The summed E-state index contributed by atoms with van der Waals surface area (Å²) in [5.74, 6) is -0.0392. The van der Waals surface area contributed by atoms with Crippen LogP contribution in [0.1, 0.15) is 5.56 Å². The molecule has 1 N–H and O–H groups in total. The molecule has 0 fully saturated rings. The fourth-order valence-electron chi connectivity index (χ4n) is 2.23. The van der Waals surface area contributed by atoms with Crippen LogP contribution in [-0.2, 0) is 6.54 Å². The Morgan fingerprint density at radius 1 is 1.08 bits per heavy atom. The topological polar surface area (TPSA) is 32.7 Å². The summed E-state index contributed by atoms with van der Waals surface area (Å²) in [6.07, 6.45) is -0.798. The zero-order valence-corrected chi connectivity index (χ0v) is 15.2. The second-order valence-corrected chi connectivity index (χ2v) is 6.63. The Hall–Kier alpha value is -1.04. The van der Waals surface area contributed by atoms with Gasteiger partial charge in [0.25, 0.3) is 0 Å². The molecule has 2 rings (SSSR count). The zero-order chi connectivity index (χ0) is 17.7. The summed E-state index contributed by atoms with van der Waals surface area (Å²) < 4.78 is 19.3. The van der Waals surface area contributed by atoms with Gasteiger partial charge in [-0.25, -0.2) is 4.39 Å². The van der Waals surface area contributed by atoms with Gasteiger partial charge in [0.05, 0.1) is 10.0 Å². The molecule has 0 spiro atoms.